The Bertz CT molecular complexity index is 381. The molecule has 1 aromatic rings. The fourth-order valence-electron chi connectivity index (χ4n) is 1.20. The van der Waals surface area contributed by atoms with Crippen LogP contribution in [0.2, 0.25) is 0 Å². The maximum atomic E-state index is 11.9. The van der Waals surface area contributed by atoms with Crippen molar-refractivity contribution in [1.29, 1.82) is 0 Å². The minimum Gasteiger partial charge on any atom is -0.507 e. The number of carbonyl (C=O) groups is 1. The maximum absolute atomic E-state index is 11.9. The number of nitrogens with zero attached hydrogens (tertiary/aromatic N) is 1. The highest BCUT2D eigenvalue weighted by Crippen LogP contribution is 2.24. The van der Waals surface area contributed by atoms with Crippen molar-refractivity contribution in [2.75, 3.05) is 27.3 Å². The molecule has 0 heterocycles. The zero-order chi connectivity index (χ0) is 12.1. The van der Waals surface area contributed by atoms with Gasteiger partial charge < -0.3 is 14.7 Å². The average Bonchev–Trinajstić information content (AvgIpc) is 2.28. The summed E-state index contributed by atoms with van der Waals surface area (Å²) < 4.78 is 5.46. The van der Waals surface area contributed by atoms with E-state index in [4.69, 9.17) is 4.74 Å². The van der Waals surface area contributed by atoms with Gasteiger partial charge in [-0.05, 0) is 34.1 Å². The number of halogens is 1. The molecule has 1 aromatic carbocycles. The zero-order valence-corrected chi connectivity index (χ0v) is 10.8. The third-order valence-electron chi connectivity index (χ3n) is 2.17. The van der Waals surface area contributed by atoms with E-state index in [1.54, 1.807) is 31.2 Å². The summed E-state index contributed by atoms with van der Waals surface area (Å²) in [4.78, 5) is 13.4. The van der Waals surface area contributed by atoms with Gasteiger partial charge in [0.25, 0.3) is 5.91 Å². The third-order valence-corrected chi connectivity index (χ3v) is 2.84. The summed E-state index contributed by atoms with van der Waals surface area (Å²) in [6, 6.07) is 4.75. The molecular weight excluding hydrogens is 274 g/mol. The third kappa shape index (κ3) is 3.21. The van der Waals surface area contributed by atoms with Crippen LogP contribution in [0.3, 0.4) is 0 Å². The van der Waals surface area contributed by atoms with Crippen molar-refractivity contribution in [1.82, 2.24) is 4.90 Å². The van der Waals surface area contributed by atoms with Crippen molar-refractivity contribution in [3.05, 3.63) is 28.2 Å². The largest absolute Gasteiger partial charge is 0.507 e. The van der Waals surface area contributed by atoms with Crippen LogP contribution in [0.4, 0.5) is 0 Å². The first kappa shape index (κ1) is 13.0. The number of phenolic OH excluding ortho intramolecular Hbond substituents is 1. The fourth-order valence-corrected chi connectivity index (χ4v) is 1.44. The van der Waals surface area contributed by atoms with E-state index in [0.29, 0.717) is 23.2 Å². The lowest BCUT2D eigenvalue weighted by atomic mass is 10.2. The first-order valence-corrected chi connectivity index (χ1v) is 5.58. The van der Waals surface area contributed by atoms with Crippen molar-refractivity contribution in [3.63, 3.8) is 0 Å². The number of amides is 1. The van der Waals surface area contributed by atoms with E-state index in [0.717, 1.165) is 0 Å². The molecule has 0 aromatic heterocycles. The molecule has 16 heavy (non-hydrogen) atoms. The van der Waals surface area contributed by atoms with Gasteiger partial charge in [0, 0.05) is 26.3 Å². The Kier molecular flexibility index (Phi) is 4.76. The molecule has 0 saturated heterocycles. The van der Waals surface area contributed by atoms with Gasteiger partial charge >= 0.3 is 0 Å². The summed E-state index contributed by atoms with van der Waals surface area (Å²) in [6.07, 6.45) is 0. The molecule has 4 nitrogen and oxygen atoms in total. The molecule has 0 aliphatic heterocycles. The summed E-state index contributed by atoms with van der Waals surface area (Å²) in [5.41, 5.74) is 0.458. The number of hydrogen-bond acceptors (Lipinski definition) is 3. The number of rotatable bonds is 4. The quantitative estimate of drug-likeness (QED) is 0.920. The summed E-state index contributed by atoms with van der Waals surface area (Å²) >= 11 is 3.16. The smallest absolute Gasteiger partial charge is 0.253 e. The molecule has 0 aliphatic rings. The number of phenols is 1. The number of likely N-dealkylation sites (N-methyl/N-ethyl adjacent to an activating group) is 1. The standard InChI is InChI=1S/C11H14BrNO3/c1-13(5-6-16-2)11(15)8-3-4-9(12)10(14)7-8/h3-4,7,14H,5-6H2,1-2H3. The summed E-state index contributed by atoms with van der Waals surface area (Å²) in [5, 5.41) is 9.46. The average molecular weight is 288 g/mol. The van der Waals surface area contributed by atoms with Gasteiger partial charge in [-0.25, -0.2) is 0 Å². The van der Waals surface area contributed by atoms with Gasteiger partial charge in [-0.3, -0.25) is 4.79 Å². The molecular formula is C11H14BrNO3. The highest BCUT2D eigenvalue weighted by atomic mass is 79.9. The van der Waals surface area contributed by atoms with E-state index in [2.05, 4.69) is 15.9 Å². The first-order chi connectivity index (χ1) is 7.56. The van der Waals surface area contributed by atoms with Gasteiger partial charge in [-0.2, -0.15) is 0 Å². The molecule has 1 N–H and O–H groups in total. The molecule has 1 rings (SSSR count). The molecule has 0 atom stereocenters. The Balaban J connectivity index is 2.76. The van der Waals surface area contributed by atoms with Gasteiger partial charge in [0.05, 0.1) is 11.1 Å². The number of methoxy groups -OCH3 is 1. The number of carbonyl (C=O) groups excluding carboxylic acids is 1. The SMILES string of the molecule is COCCN(C)C(=O)c1ccc(Br)c(O)c1. The highest BCUT2D eigenvalue weighted by molar-refractivity contribution is 9.10. The Morgan fingerprint density at radius 1 is 1.56 bits per heavy atom. The Labute approximate surface area is 103 Å². The van der Waals surface area contributed by atoms with Crippen LogP contribution < -0.4 is 0 Å². The van der Waals surface area contributed by atoms with Gasteiger partial charge in [0.15, 0.2) is 0 Å². The van der Waals surface area contributed by atoms with Crippen molar-refractivity contribution in [3.8, 4) is 5.75 Å². The normalized spacial score (nSPS) is 10.2. The topological polar surface area (TPSA) is 49.8 Å². The number of aromatic hydroxyl groups is 1. The van der Waals surface area contributed by atoms with Crippen LogP contribution in [0.25, 0.3) is 0 Å². The number of ether oxygens (including phenoxy) is 1. The molecule has 0 radical (unpaired) electrons. The second-order valence-corrected chi connectivity index (χ2v) is 4.24. The lowest BCUT2D eigenvalue weighted by Crippen LogP contribution is -2.29. The van der Waals surface area contributed by atoms with E-state index in [-0.39, 0.29) is 11.7 Å². The molecule has 0 saturated carbocycles. The molecule has 0 unspecified atom stereocenters. The highest BCUT2D eigenvalue weighted by Gasteiger charge is 2.12. The van der Waals surface area contributed by atoms with Crippen LogP contribution in [0.1, 0.15) is 10.4 Å². The second-order valence-electron chi connectivity index (χ2n) is 3.39. The monoisotopic (exact) mass is 287 g/mol. The Morgan fingerprint density at radius 3 is 2.81 bits per heavy atom. The van der Waals surface area contributed by atoms with Gasteiger partial charge in [0.2, 0.25) is 0 Å². The first-order valence-electron chi connectivity index (χ1n) is 4.79. The zero-order valence-electron chi connectivity index (χ0n) is 9.24. The van der Waals surface area contributed by atoms with Crippen molar-refractivity contribution < 1.29 is 14.6 Å². The molecule has 0 aliphatic carbocycles. The summed E-state index contributed by atoms with van der Waals surface area (Å²) in [6.45, 7) is 1.01. The molecule has 1 amide bonds. The van der Waals surface area contributed by atoms with E-state index in [1.807, 2.05) is 0 Å². The summed E-state index contributed by atoms with van der Waals surface area (Å²) in [7, 11) is 3.28. The van der Waals surface area contributed by atoms with E-state index in [1.165, 1.54) is 6.07 Å². The van der Waals surface area contributed by atoms with Crippen LogP contribution in [-0.4, -0.2) is 43.2 Å². The minimum atomic E-state index is -0.139. The van der Waals surface area contributed by atoms with Crippen LogP contribution in [0.5, 0.6) is 5.75 Å². The van der Waals surface area contributed by atoms with Gasteiger partial charge in [-0.15, -0.1) is 0 Å². The van der Waals surface area contributed by atoms with Crippen LogP contribution >= 0.6 is 15.9 Å². The summed E-state index contributed by atoms with van der Waals surface area (Å²) in [5.74, 6) is -0.0779. The lowest BCUT2D eigenvalue weighted by Gasteiger charge is -2.16. The molecule has 5 heteroatoms. The Morgan fingerprint density at radius 2 is 2.25 bits per heavy atom. The molecule has 0 fully saturated rings. The van der Waals surface area contributed by atoms with Crippen molar-refractivity contribution in [2.24, 2.45) is 0 Å². The maximum Gasteiger partial charge on any atom is 0.253 e. The van der Waals surface area contributed by atoms with E-state index < -0.39 is 0 Å². The van der Waals surface area contributed by atoms with Gasteiger partial charge in [-0.1, -0.05) is 0 Å². The second kappa shape index (κ2) is 5.86. The van der Waals surface area contributed by atoms with Crippen molar-refractivity contribution in [2.45, 2.75) is 0 Å². The molecule has 88 valence electrons. The van der Waals surface area contributed by atoms with E-state index >= 15 is 0 Å². The van der Waals surface area contributed by atoms with Crippen LogP contribution in [0.15, 0.2) is 22.7 Å². The Hall–Kier alpha value is -1.07. The number of benzene rings is 1. The number of hydrogen-bond donors (Lipinski definition) is 1. The molecule has 0 bridgehead atoms. The van der Waals surface area contributed by atoms with Crippen LogP contribution in [-0.2, 0) is 4.74 Å². The predicted octanol–water partition coefficient (Wildman–Crippen LogP) is 1.87. The van der Waals surface area contributed by atoms with Crippen molar-refractivity contribution >= 4 is 21.8 Å². The fraction of sp³-hybridized carbons (Fsp3) is 0.364. The lowest BCUT2D eigenvalue weighted by molar-refractivity contribution is 0.0744. The van der Waals surface area contributed by atoms with Crippen LogP contribution in [0, 0.1) is 0 Å². The minimum absolute atomic E-state index is 0.0611. The molecule has 0 spiro atoms. The van der Waals surface area contributed by atoms with Gasteiger partial charge in [0.1, 0.15) is 5.75 Å². The van der Waals surface area contributed by atoms with E-state index in [9.17, 15) is 9.90 Å². The predicted molar refractivity (Wildman–Crippen MR) is 64.6 cm³/mol.